The van der Waals surface area contributed by atoms with Gasteiger partial charge in [-0.1, -0.05) is 32.4 Å². The van der Waals surface area contributed by atoms with Crippen LogP contribution in [0, 0.1) is 17.3 Å². The average Bonchev–Trinajstić information content (AvgIpc) is 2.55. The first-order valence-corrected chi connectivity index (χ1v) is 9.35. The minimum absolute atomic E-state index is 0.0481. The van der Waals surface area contributed by atoms with Gasteiger partial charge in [-0.3, -0.25) is 9.59 Å². The molecule has 1 aliphatic carbocycles. The van der Waals surface area contributed by atoms with Crippen molar-refractivity contribution in [3.8, 4) is 0 Å². The van der Waals surface area contributed by atoms with Gasteiger partial charge in [-0.25, -0.2) is 0 Å². The molecule has 1 saturated carbocycles. The van der Waals surface area contributed by atoms with Gasteiger partial charge in [-0.15, -0.1) is 0 Å². The van der Waals surface area contributed by atoms with Gasteiger partial charge < -0.3 is 10.2 Å². The summed E-state index contributed by atoms with van der Waals surface area (Å²) in [6.07, 6.45) is 4.02. The number of hydrogen-bond acceptors (Lipinski definition) is 2. The van der Waals surface area contributed by atoms with Gasteiger partial charge in [0.05, 0.1) is 6.54 Å². The number of hydrogen-bond donors (Lipinski definition) is 1. The summed E-state index contributed by atoms with van der Waals surface area (Å²) in [6.45, 7) is 6.88. The number of nitrogens with one attached hydrogen (secondary N) is 1. The van der Waals surface area contributed by atoms with Crippen molar-refractivity contribution in [2.75, 3.05) is 18.9 Å². The Labute approximate surface area is 155 Å². The third-order valence-corrected chi connectivity index (χ3v) is 5.44. The summed E-state index contributed by atoms with van der Waals surface area (Å²) in [7, 11) is 1.71. The maximum Gasteiger partial charge on any atom is 0.243 e. The Morgan fingerprint density at radius 1 is 1.12 bits per heavy atom. The minimum Gasteiger partial charge on any atom is -0.336 e. The molecular weight excluding hydrogens is 336 g/mol. The van der Waals surface area contributed by atoms with Gasteiger partial charge >= 0.3 is 0 Å². The lowest BCUT2D eigenvalue weighted by Gasteiger charge is -2.37. The van der Waals surface area contributed by atoms with E-state index < -0.39 is 0 Å². The lowest BCUT2D eigenvalue weighted by molar-refractivity contribution is -0.138. The van der Waals surface area contributed by atoms with Crippen molar-refractivity contribution < 1.29 is 9.59 Å². The fourth-order valence-electron chi connectivity index (χ4n) is 3.55. The molecule has 2 rings (SSSR count). The second-order valence-corrected chi connectivity index (χ2v) is 8.60. The maximum atomic E-state index is 12.6. The van der Waals surface area contributed by atoms with Crippen molar-refractivity contribution in [3.05, 3.63) is 29.3 Å². The molecule has 0 atom stereocenters. The van der Waals surface area contributed by atoms with E-state index in [0.29, 0.717) is 22.0 Å². The van der Waals surface area contributed by atoms with E-state index in [2.05, 4.69) is 26.1 Å². The number of amides is 2. The molecule has 0 radical (unpaired) electrons. The van der Waals surface area contributed by atoms with Crippen LogP contribution < -0.4 is 5.32 Å². The van der Waals surface area contributed by atoms with Gasteiger partial charge in [0.15, 0.2) is 0 Å². The second kappa shape index (κ2) is 8.22. The first-order valence-electron chi connectivity index (χ1n) is 8.97. The van der Waals surface area contributed by atoms with Crippen LogP contribution in [0.3, 0.4) is 0 Å². The Kier molecular flexibility index (Phi) is 6.50. The number of halogens is 1. The van der Waals surface area contributed by atoms with Crippen molar-refractivity contribution >= 4 is 29.1 Å². The molecule has 1 aliphatic rings. The molecule has 0 aliphatic heterocycles. The molecule has 25 heavy (non-hydrogen) atoms. The summed E-state index contributed by atoms with van der Waals surface area (Å²) in [5.41, 5.74) is 0.985. The summed E-state index contributed by atoms with van der Waals surface area (Å²) in [5, 5.41) is 3.41. The monoisotopic (exact) mass is 364 g/mol. The fourth-order valence-corrected chi connectivity index (χ4v) is 3.67. The average molecular weight is 365 g/mol. The fraction of sp³-hybridized carbons (Fsp3) is 0.600. The zero-order chi connectivity index (χ0) is 18.6. The standard InChI is InChI=1S/C20H29ClN2O2/c1-20(2,3)15-7-5-14(6-8-15)19(25)23(4)13-18(24)22-17-11-9-16(21)10-12-17/h9-12,14-15H,5-8,13H2,1-4H3,(H,22,24). The number of rotatable bonds is 4. The van der Waals surface area contributed by atoms with Crippen molar-refractivity contribution in [1.82, 2.24) is 4.90 Å². The molecule has 4 nitrogen and oxygen atoms in total. The number of nitrogens with zero attached hydrogens (tertiary/aromatic N) is 1. The Morgan fingerprint density at radius 2 is 1.68 bits per heavy atom. The van der Waals surface area contributed by atoms with E-state index >= 15 is 0 Å². The molecule has 1 fully saturated rings. The van der Waals surface area contributed by atoms with Crippen molar-refractivity contribution in [1.29, 1.82) is 0 Å². The summed E-state index contributed by atoms with van der Waals surface area (Å²) in [4.78, 5) is 26.3. The summed E-state index contributed by atoms with van der Waals surface area (Å²) >= 11 is 5.83. The van der Waals surface area contributed by atoms with Crippen LogP contribution in [-0.4, -0.2) is 30.3 Å². The first kappa shape index (κ1) is 19.8. The minimum atomic E-state index is -0.193. The Balaban J connectivity index is 1.82. The van der Waals surface area contributed by atoms with Gasteiger partial charge in [-0.05, 0) is 61.3 Å². The molecule has 138 valence electrons. The topological polar surface area (TPSA) is 49.4 Å². The summed E-state index contributed by atoms with van der Waals surface area (Å²) in [5.74, 6) is 0.613. The normalized spacial score (nSPS) is 20.8. The highest BCUT2D eigenvalue weighted by Gasteiger charge is 2.33. The van der Waals surface area contributed by atoms with Crippen molar-refractivity contribution in [3.63, 3.8) is 0 Å². The van der Waals surface area contributed by atoms with Crippen LogP contribution in [0.15, 0.2) is 24.3 Å². The van der Waals surface area contributed by atoms with Crippen LogP contribution in [0.2, 0.25) is 5.02 Å². The molecule has 0 heterocycles. The molecule has 1 N–H and O–H groups in total. The molecule has 0 saturated heterocycles. The largest absolute Gasteiger partial charge is 0.336 e. The lowest BCUT2D eigenvalue weighted by atomic mass is 9.69. The second-order valence-electron chi connectivity index (χ2n) is 8.16. The van der Waals surface area contributed by atoms with E-state index in [1.165, 1.54) is 0 Å². The first-order chi connectivity index (χ1) is 11.7. The van der Waals surface area contributed by atoms with Gasteiger partial charge in [0.2, 0.25) is 11.8 Å². The van der Waals surface area contributed by atoms with Gasteiger partial charge in [-0.2, -0.15) is 0 Å². The molecule has 0 aromatic heterocycles. The van der Waals surface area contributed by atoms with E-state index in [1.807, 2.05) is 0 Å². The van der Waals surface area contributed by atoms with E-state index in [1.54, 1.807) is 36.2 Å². The molecule has 5 heteroatoms. The van der Waals surface area contributed by atoms with E-state index in [0.717, 1.165) is 25.7 Å². The number of carbonyl (C=O) groups excluding carboxylic acids is 2. The molecule has 1 aromatic carbocycles. The smallest absolute Gasteiger partial charge is 0.243 e. The van der Waals surface area contributed by atoms with Crippen LogP contribution in [0.4, 0.5) is 5.69 Å². The van der Waals surface area contributed by atoms with Crippen LogP contribution in [-0.2, 0) is 9.59 Å². The zero-order valence-electron chi connectivity index (χ0n) is 15.6. The predicted octanol–water partition coefficient (Wildman–Crippen LogP) is 4.59. The third kappa shape index (κ3) is 5.74. The summed E-state index contributed by atoms with van der Waals surface area (Å²) < 4.78 is 0. The van der Waals surface area contributed by atoms with Crippen molar-refractivity contribution in [2.24, 2.45) is 17.3 Å². The van der Waals surface area contributed by atoms with Gasteiger partial charge in [0, 0.05) is 23.7 Å². The van der Waals surface area contributed by atoms with Crippen LogP contribution in [0.25, 0.3) is 0 Å². The molecule has 0 spiro atoms. The summed E-state index contributed by atoms with van der Waals surface area (Å²) in [6, 6.07) is 6.94. The number of carbonyl (C=O) groups is 2. The van der Waals surface area contributed by atoms with Gasteiger partial charge in [0.1, 0.15) is 0 Å². The molecule has 0 unspecified atom stereocenters. The maximum absolute atomic E-state index is 12.6. The Bertz CT molecular complexity index is 599. The number of benzene rings is 1. The quantitative estimate of drug-likeness (QED) is 0.849. The Hall–Kier alpha value is -1.55. The molecular formula is C20H29ClN2O2. The highest BCUT2D eigenvalue weighted by Crippen LogP contribution is 2.40. The molecule has 2 amide bonds. The Morgan fingerprint density at radius 3 is 2.20 bits per heavy atom. The van der Waals surface area contributed by atoms with E-state index in [9.17, 15) is 9.59 Å². The van der Waals surface area contributed by atoms with Crippen LogP contribution in [0.5, 0.6) is 0 Å². The third-order valence-electron chi connectivity index (χ3n) is 5.19. The zero-order valence-corrected chi connectivity index (χ0v) is 16.4. The number of anilines is 1. The molecule has 0 bridgehead atoms. The highest BCUT2D eigenvalue weighted by atomic mass is 35.5. The van der Waals surface area contributed by atoms with Crippen LogP contribution in [0.1, 0.15) is 46.5 Å². The predicted molar refractivity (Wildman–Crippen MR) is 103 cm³/mol. The highest BCUT2D eigenvalue weighted by molar-refractivity contribution is 6.30. The van der Waals surface area contributed by atoms with Gasteiger partial charge in [0.25, 0.3) is 0 Å². The number of likely N-dealkylation sites (N-methyl/N-ethyl adjacent to an activating group) is 1. The van der Waals surface area contributed by atoms with E-state index in [4.69, 9.17) is 11.6 Å². The van der Waals surface area contributed by atoms with E-state index in [-0.39, 0.29) is 24.3 Å². The lowest BCUT2D eigenvalue weighted by Crippen LogP contribution is -2.40. The van der Waals surface area contributed by atoms with Crippen LogP contribution >= 0.6 is 11.6 Å². The van der Waals surface area contributed by atoms with Crippen molar-refractivity contribution in [2.45, 2.75) is 46.5 Å². The SMILES string of the molecule is CN(CC(=O)Nc1ccc(Cl)cc1)C(=O)C1CCC(C(C)(C)C)CC1. The molecule has 1 aromatic rings.